The van der Waals surface area contributed by atoms with Crippen LogP contribution in [0.5, 0.6) is 0 Å². The number of carbonyl (C=O) groups excluding carboxylic acids is 1. The van der Waals surface area contributed by atoms with E-state index in [2.05, 4.69) is 0 Å². The van der Waals surface area contributed by atoms with Gasteiger partial charge < -0.3 is 0 Å². The van der Waals surface area contributed by atoms with Gasteiger partial charge in [-0.05, 0) is 73.0 Å². The maximum atomic E-state index is 14.8. The molecule has 7 heteroatoms. The molecule has 4 rings (SSSR count). The molecule has 0 atom stereocenters. The van der Waals surface area contributed by atoms with E-state index < -0.39 is 21.2 Å². The molecule has 0 spiro atoms. The lowest BCUT2D eigenvalue weighted by molar-refractivity contribution is 0.0488. The van der Waals surface area contributed by atoms with Gasteiger partial charge in [-0.1, -0.05) is 69.9 Å². The van der Waals surface area contributed by atoms with Crippen molar-refractivity contribution in [3.05, 3.63) is 34.4 Å². The Kier molecular flexibility index (Phi) is 7.59. The quantitative estimate of drug-likeness (QED) is 0.337. The van der Waals surface area contributed by atoms with Gasteiger partial charge in [-0.15, -0.1) is 0 Å². The van der Waals surface area contributed by atoms with Crippen molar-refractivity contribution in [1.82, 2.24) is 0 Å². The van der Waals surface area contributed by atoms with E-state index in [4.69, 9.17) is 0 Å². The third-order valence-electron chi connectivity index (χ3n) is 8.20. The van der Waals surface area contributed by atoms with Gasteiger partial charge in [0.1, 0.15) is 0 Å². The molecule has 0 aliphatic heterocycles. The molecule has 0 radical (unpaired) electrons. The number of alkyl halides is 2. The molecule has 0 bridgehead atoms. The molecule has 33 heavy (non-hydrogen) atoms. The van der Waals surface area contributed by atoms with E-state index in [1.807, 2.05) is 12.1 Å². The maximum Gasteiger partial charge on any atom is 0.431 e. The zero-order valence-electron chi connectivity index (χ0n) is 19.3. The number of Topliss-reactive ketones (excluding diaryl/α,β-unsaturated/α-hetero) is 1. The second kappa shape index (κ2) is 10.1. The predicted molar refractivity (Wildman–Crippen MR) is 125 cm³/mol. The first-order chi connectivity index (χ1) is 15.7. The molecule has 0 unspecified atom stereocenters. The van der Waals surface area contributed by atoms with Gasteiger partial charge in [0.05, 0.1) is 0 Å². The van der Waals surface area contributed by atoms with Gasteiger partial charge >= 0.3 is 15.4 Å². The fourth-order valence-electron chi connectivity index (χ4n) is 6.38. The molecule has 3 aliphatic carbocycles. The first-order valence-corrected chi connectivity index (χ1v) is 14.2. The van der Waals surface area contributed by atoms with Gasteiger partial charge in [-0.2, -0.15) is 17.2 Å². The van der Waals surface area contributed by atoms with Crippen LogP contribution in [-0.2, 0) is 10.1 Å². The van der Waals surface area contributed by atoms with Crippen molar-refractivity contribution in [3.8, 4) is 0 Å². The van der Waals surface area contributed by atoms with Gasteiger partial charge in [-0.3, -0.25) is 9.35 Å². The summed E-state index contributed by atoms with van der Waals surface area (Å²) < 4.78 is 61.9. The fourth-order valence-corrected chi connectivity index (χ4v) is 6.72. The molecule has 1 aromatic carbocycles. The monoisotopic (exact) mass is 482 g/mol. The topological polar surface area (TPSA) is 71.4 Å². The second-order valence-electron chi connectivity index (χ2n) is 10.4. The van der Waals surface area contributed by atoms with Crippen LogP contribution in [0.4, 0.5) is 8.78 Å². The summed E-state index contributed by atoms with van der Waals surface area (Å²) in [4.78, 5) is 13.2. The first-order valence-electron chi connectivity index (χ1n) is 12.8. The minimum atomic E-state index is -5.86. The van der Waals surface area contributed by atoms with Crippen LogP contribution in [0.3, 0.4) is 0 Å². The van der Waals surface area contributed by atoms with Crippen molar-refractivity contribution in [2.24, 2.45) is 0 Å². The molecule has 0 amide bonds. The molecule has 1 aromatic rings. The summed E-state index contributed by atoms with van der Waals surface area (Å²) in [6.07, 6.45) is 14.9. The van der Waals surface area contributed by atoms with Crippen molar-refractivity contribution in [3.63, 3.8) is 0 Å². The predicted octanol–water partition coefficient (Wildman–Crippen LogP) is 7.49. The number of carbonyl (C=O) groups is 1. The van der Waals surface area contributed by atoms with Crippen LogP contribution >= 0.6 is 0 Å². The lowest BCUT2D eigenvalue weighted by atomic mass is 9.73. The standard InChI is InChI=1S/C26H36F2O4S/c27-26(28,33(30,31)32)25(29)24-22(19-12-6-2-7-13-19)16-21(18-10-4-1-5-11-18)17-23(24)20-14-8-3-9-15-20/h16-20H,1-15H2,(H,30,31,32). The van der Waals surface area contributed by atoms with E-state index in [-0.39, 0.29) is 17.4 Å². The Bertz CT molecular complexity index is 915. The minimum absolute atomic E-state index is 0.0271. The lowest BCUT2D eigenvalue weighted by Crippen LogP contribution is -2.39. The number of rotatable bonds is 6. The Labute approximate surface area is 196 Å². The Morgan fingerprint density at radius 2 is 1.09 bits per heavy atom. The summed E-state index contributed by atoms with van der Waals surface area (Å²) in [6, 6.07) is 3.90. The van der Waals surface area contributed by atoms with E-state index in [1.165, 1.54) is 6.42 Å². The lowest BCUT2D eigenvalue weighted by Gasteiger charge is -2.32. The average molecular weight is 483 g/mol. The van der Waals surface area contributed by atoms with Crippen LogP contribution < -0.4 is 0 Å². The molecule has 1 N–H and O–H groups in total. The van der Waals surface area contributed by atoms with Crippen LogP contribution in [0.2, 0.25) is 0 Å². The van der Waals surface area contributed by atoms with Crippen molar-refractivity contribution < 1.29 is 26.5 Å². The summed E-state index contributed by atoms with van der Waals surface area (Å²) in [6.45, 7) is 0. The smallest absolute Gasteiger partial charge is 0.286 e. The van der Waals surface area contributed by atoms with Gasteiger partial charge in [0.25, 0.3) is 5.78 Å². The SMILES string of the molecule is O=C(c1c(C2CCCCC2)cc(C2CCCCC2)cc1C1CCCCC1)C(F)(F)S(=O)(=O)O. The summed E-state index contributed by atoms with van der Waals surface area (Å²) >= 11 is 0. The normalized spacial score (nSPS) is 22.4. The third kappa shape index (κ3) is 5.19. The zero-order chi connectivity index (χ0) is 23.6. The summed E-state index contributed by atoms with van der Waals surface area (Å²) in [5.74, 6) is -1.45. The first kappa shape index (κ1) is 24.8. The largest absolute Gasteiger partial charge is 0.431 e. The van der Waals surface area contributed by atoms with Crippen LogP contribution in [0, 0.1) is 0 Å². The molecular weight excluding hydrogens is 446 g/mol. The molecular formula is C26H36F2O4S. The van der Waals surface area contributed by atoms with E-state index in [1.54, 1.807) is 0 Å². The number of ketones is 1. The van der Waals surface area contributed by atoms with Gasteiger partial charge in [0.15, 0.2) is 0 Å². The molecule has 3 fully saturated rings. The zero-order valence-corrected chi connectivity index (χ0v) is 20.1. The van der Waals surface area contributed by atoms with Crippen LogP contribution in [0.15, 0.2) is 12.1 Å². The van der Waals surface area contributed by atoms with Gasteiger partial charge in [0, 0.05) is 5.56 Å². The highest BCUT2D eigenvalue weighted by Crippen LogP contribution is 2.45. The van der Waals surface area contributed by atoms with E-state index in [0.29, 0.717) is 17.0 Å². The highest BCUT2D eigenvalue weighted by Gasteiger charge is 2.54. The molecule has 0 heterocycles. The van der Waals surface area contributed by atoms with E-state index in [9.17, 15) is 26.5 Å². The van der Waals surface area contributed by atoms with Gasteiger partial charge in [0.2, 0.25) is 0 Å². The fraction of sp³-hybridized carbons (Fsp3) is 0.731. The van der Waals surface area contributed by atoms with Crippen LogP contribution in [0.1, 0.15) is 141 Å². The Morgan fingerprint density at radius 3 is 1.45 bits per heavy atom. The van der Waals surface area contributed by atoms with Crippen molar-refractivity contribution in [2.75, 3.05) is 0 Å². The second-order valence-corrected chi connectivity index (χ2v) is 11.9. The van der Waals surface area contributed by atoms with Crippen LogP contribution in [-0.4, -0.2) is 24.0 Å². The van der Waals surface area contributed by atoms with Crippen molar-refractivity contribution >= 4 is 15.9 Å². The average Bonchev–Trinajstić information content (AvgIpc) is 2.83. The Hall–Kier alpha value is -1.34. The Balaban J connectivity index is 1.90. The van der Waals surface area contributed by atoms with Crippen molar-refractivity contribution in [1.29, 1.82) is 0 Å². The van der Waals surface area contributed by atoms with Crippen LogP contribution in [0.25, 0.3) is 0 Å². The van der Waals surface area contributed by atoms with E-state index in [0.717, 1.165) is 95.5 Å². The number of hydrogen-bond donors (Lipinski definition) is 1. The Morgan fingerprint density at radius 1 is 0.727 bits per heavy atom. The highest BCUT2D eigenvalue weighted by molar-refractivity contribution is 7.87. The van der Waals surface area contributed by atoms with E-state index >= 15 is 0 Å². The highest BCUT2D eigenvalue weighted by atomic mass is 32.2. The molecule has 4 nitrogen and oxygen atoms in total. The summed E-state index contributed by atoms with van der Waals surface area (Å²) in [5, 5.41) is -4.84. The number of halogens is 2. The molecule has 0 saturated heterocycles. The summed E-state index contributed by atoms with van der Waals surface area (Å²) in [7, 11) is -5.86. The third-order valence-corrected chi connectivity index (χ3v) is 9.04. The molecule has 3 saturated carbocycles. The van der Waals surface area contributed by atoms with Gasteiger partial charge in [-0.25, -0.2) is 0 Å². The molecule has 3 aliphatic rings. The molecule has 184 valence electrons. The van der Waals surface area contributed by atoms with Crippen molar-refractivity contribution in [2.45, 2.75) is 119 Å². The maximum absolute atomic E-state index is 14.8. The molecule has 0 aromatic heterocycles. The minimum Gasteiger partial charge on any atom is -0.286 e. The summed E-state index contributed by atoms with van der Waals surface area (Å²) in [5.41, 5.74) is 2.22. The number of hydrogen-bond acceptors (Lipinski definition) is 3. The number of benzene rings is 1.